The topological polar surface area (TPSA) is 129 Å². The Morgan fingerprint density at radius 3 is 2.62 bits per heavy atom. The van der Waals surface area contributed by atoms with E-state index in [1.54, 1.807) is 66.1 Å². The van der Waals surface area contributed by atoms with Gasteiger partial charge in [0.15, 0.2) is 0 Å². The van der Waals surface area contributed by atoms with Gasteiger partial charge < -0.3 is 21.1 Å². The first-order chi connectivity index (χ1) is 17.7. The fourth-order valence-electron chi connectivity index (χ4n) is 3.29. The number of urea groups is 1. The number of aromatic nitrogens is 2. The average molecular weight is 557 g/mol. The van der Waals surface area contributed by atoms with E-state index >= 15 is 0 Å². The second-order valence-electron chi connectivity index (χ2n) is 8.14. The van der Waals surface area contributed by atoms with Crippen molar-refractivity contribution in [3.05, 3.63) is 77.3 Å². The molecule has 4 N–H and O–H groups in total. The molecule has 2 amide bonds. The second-order valence-corrected chi connectivity index (χ2v) is 11.8. The predicted molar refractivity (Wildman–Crippen MR) is 150 cm³/mol. The second kappa shape index (κ2) is 11.7. The Morgan fingerprint density at radius 1 is 1.16 bits per heavy atom. The maximum Gasteiger partial charge on any atom is 0.353 e. The summed E-state index contributed by atoms with van der Waals surface area (Å²) in [5, 5.41) is 20.8. The molecule has 0 saturated heterocycles. The van der Waals surface area contributed by atoms with E-state index in [1.807, 2.05) is 24.4 Å². The maximum atomic E-state index is 13.1. The monoisotopic (exact) mass is 556 g/mol. The number of nitrogens with zero attached hydrogens (tertiary/aromatic N) is 3. The molecule has 192 valence electrons. The van der Waals surface area contributed by atoms with E-state index in [9.17, 15) is 14.1 Å². The normalized spacial score (nSPS) is 13.3. The molecule has 0 saturated carbocycles. The molecule has 2 aromatic carbocycles. The number of rotatable bonds is 8. The molecule has 12 heteroatoms. The highest BCUT2D eigenvalue weighted by Crippen LogP contribution is 2.31. The summed E-state index contributed by atoms with van der Waals surface area (Å²) < 4.78 is 17.0. The third-order valence-electron chi connectivity index (χ3n) is 5.11. The minimum Gasteiger partial charge on any atom is -0.394 e. The number of nitrogens with one attached hydrogen (secondary N) is 3. The molecule has 0 aliphatic heterocycles. The summed E-state index contributed by atoms with van der Waals surface area (Å²) in [6, 6.07) is 16.3. The van der Waals surface area contributed by atoms with Gasteiger partial charge in [-0.25, -0.2) is 14.0 Å². The van der Waals surface area contributed by atoms with Crippen molar-refractivity contribution < 1.29 is 14.1 Å². The Bertz CT molecular complexity index is 1500. The first-order valence-corrected chi connectivity index (χ1v) is 14.4. The molecule has 4 rings (SSSR count). The molecule has 0 bridgehead atoms. The summed E-state index contributed by atoms with van der Waals surface area (Å²) in [5.41, 5.74) is 1.95. The lowest BCUT2D eigenvalue weighted by atomic mass is 10.2. The van der Waals surface area contributed by atoms with Gasteiger partial charge in [0.05, 0.1) is 21.9 Å². The molecular formula is C25H25ClN6O3S2. The van der Waals surface area contributed by atoms with Crippen molar-refractivity contribution in [3.63, 3.8) is 0 Å². The van der Waals surface area contributed by atoms with Crippen LogP contribution < -0.4 is 16.0 Å². The summed E-state index contributed by atoms with van der Waals surface area (Å²) in [6.45, 7) is 1.81. The Labute approximate surface area is 224 Å². The van der Waals surface area contributed by atoms with Crippen molar-refractivity contribution in [2.45, 2.75) is 17.9 Å². The van der Waals surface area contributed by atoms with Crippen LogP contribution in [0.3, 0.4) is 0 Å². The number of aliphatic hydroxyl groups is 1. The molecule has 0 aliphatic rings. The molecule has 0 radical (unpaired) electrons. The van der Waals surface area contributed by atoms with Crippen molar-refractivity contribution in [3.8, 4) is 10.4 Å². The molecule has 4 aromatic rings. The minimum absolute atomic E-state index is 0.0451. The van der Waals surface area contributed by atoms with Crippen LogP contribution in [-0.2, 0) is 9.73 Å². The molecule has 2 atom stereocenters. The lowest BCUT2D eigenvalue weighted by Gasteiger charge is -2.16. The van der Waals surface area contributed by atoms with Crippen LogP contribution in [0.4, 0.5) is 27.9 Å². The maximum absolute atomic E-state index is 13.1. The van der Waals surface area contributed by atoms with E-state index in [1.165, 1.54) is 6.26 Å². The van der Waals surface area contributed by atoms with Crippen LogP contribution in [0.5, 0.6) is 0 Å². The van der Waals surface area contributed by atoms with Crippen molar-refractivity contribution in [1.29, 1.82) is 0 Å². The number of carbonyl (C=O) groups excluding carboxylic acids is 1. The number of hydrogen-bond acceptors (Lipinski definition) is 8. The molecule has 2 aromatic heterocycles. The number of aliphatic hydroxyl groups excluding tert-OH is 1. The lowest BCUT2D eigenvalue weighted by Crippen LogP contribution is -2.21. The van der Waals surface area contributed by atoms with Crippen molar-refractivity contribution in [2.75, 3.05) is 28.8 Å². The van der Waals surface area contributed by atoms with Gasteiger partial charge in [-0.05, 0) is 60.8 Å². The quantitative estimate of drug-likeness (QED) is 0.207. The van der Waals surface area contributed by atoms with Crippen molar-refractivity contribution in [2.24, 2.45) is 4.36 Å². The smallest absolute Gasteiger partial charge is 0.353 e. The molecule has 2 heterocycles. The van der Waals surface area contributed by atoms with Gasteiger partial charge in [-0.2, -0.15) is 4.98 Å². The SMILES string of the molecule is C[C@H](CO)Nc1nc(Nc2ccc(S(C)(=O)=NC(=O)Nc3cccc(Cl)c3)cc2)ncc1-c1cccs1. The van der Waals surface area contributed by atoms with Gasteiger partial charge in [0.25, 0.3) is 0 Å². The Morgan fingerprint density at radius 2 is 1.95 bits per heavy atom. The third-order valence-corrected chi connectivity index (χ3v) is 7.91. The summed E-state index contributed by atoms with van der Waals surface area (Å²) >= 11 is 7.50. The third kappa shape index (κ3) is 7.04. The van der Waals surface area contributed by atoms with Crippen LogP contribution in [0.1, 0.15) is 6.92 Å². The zero-order chi connectivity index (χ0) is 26.4. The van der Waals surface area contributed by atoms with Gasteiger partial charge >= 0.3 is 6.03 Å². The fourth-order valence-corrected chi connectivity index (χ4v) is 5.32. The van der Waals surface area contributed by atoms with Crippen LogP contribution in [0.2, 0.25) is 5.02 Å². The van der Waals surface area contributed by atoms with Crippen LogP contribution >= 0.6 is 22.9 Å². The van der Waals surface area contributed by atoms with E-state index in [0.29, 0.717) is 33.1 Å². The zero-order valence-corrected chi connectivity index (χ0v) is 22.4. The fraction of sp³-hybridized carbons (Fsp3) is 0.160. The number of thiophene rings is 1. The highest BCUT2D eigenvalue weighted by Gasteiger charge is 2.14. The van der Waals surface area contributed by atoms with Gasteiger partial charge in [0.2, 0.25) is 5.95 Å². The van der Waals surface area contributed by atoms with E-state index in [4.69, 9.17) is 11.6 Å². The van der Waals surface area contributed by atoms with Crippen molar-refractivity contribution in [1.82, 2.24) is 9.97 Å². The Kier molecular flexibility index (Phi) is 8.39. The van der Waals surface area contributed by atoms with Gasteiger partial charge in [-0.3, -0.25) is 0 Å². The highest BCUT2D eigenvalue weighted by molar-refractivity contribution is 7.93. The van der Waals surface area contributed by atoms with Gasteiger partial charge in [-0.1, -0.05) is 23.7 Å². The number of anilines is 4. The van der Waals surface area contributed by atoms with Gasteiger partial charge in [0.1, 0.15) is 5.82 Å². The number of amides is 2. The molecule has 9 nitrogen and oxygen atoms in total. The molecule has 0 aliphatic carbocycles. The van der Waals surface area contributed by atoms with Crippen LogP contribution in [0.25, 0.3) is 10.4 Å². The van der Waals surface area contributed by atoms with E-state index in [2.05, 4.69) is 30.3 Å². The van der Waals surface area contributed by atoms with Crippen molar-refractivity contribution >= 4 is 61.8 Å². The Hall–Kier alpha value is -3.51. The summed E-state index contributed by atoms with van der Waals surface area (Å²) in [4.78, 5) is 22.7. The number of halogens is 1. The number of benzene rings is 2. The standard InChI is InChI=1S/C25H25ClN6O3S2/c1-16(15-33)28-23-21(22-7-4-12-36-22)14-27-24(31-23)29-18-8-10-20(11-9-18)37(2,35)32-25(34)30-19-6-3-5-17(26)13-19/h3-14,16,33H,15H2,1-2H3,(H,30,34)(H2,27,28,29,31)/t16-,37?/m1/s1. The molecule has 0 spiro atoms. The predicted octanol–water partition coefficient (Wildman–Crippen LogP) is 6.08. The number of carbonyl (C=O) groups is 1. The van der Waals surface area contributed by atoms with Crippen LogP contribution in [0.15, 0.2) is 81.5 Å². The molecule has 0 fully saturated rings. The molecule has 37 heavy (non-hydrogen) atoms. The molecular weight excluding hydrogens is 532 g/mol. The van der Waals surface area contributed by atoms with E-state index < -0.39 is 15.8 Å². The Balaban J connectivity index is 1.51. The average Bonchev–Trinajstić information content (AvgIpc) is 3.39. The van der Waals surface area contributed by atoms with Crippen LogP contribution in [0, 0.1) is 0 Å². The first kappa shape index (κ1) is 26.6. The van der Waals surface area contributed by atoms with E-state index in [-0.39, 0.29) is 12.6 Å². The van der Waals surface area contributed by atoms with Gasteiger partial charge in [-0.15, -0.1) is 15.7 Å². The summed E-state index contributed by atoms with van der Waals surface area (Å²) in [7, 11) is -2.99. The largest absolute Gasteiger partial charge is 0.394 e. The molecule has 1 unspecified atom stereocenters. The summed E-state index contributed by atoms with van der Waals surface area (Å²) in [5.74, 6) is 0.947. The number of hydrogen-bond donors (Lipinski definition) is 4. The first-order valence-electron chi connectivity index (χ1n) is 11.2. The van der Waals surface area contributed by atoms with Gasteiger partial charge in [0, 0.05) is 44.7 Å². The lowest BCUT2D eigenvalue weighted by molar-refractivity contribution is 0.260. The highest BCUT2D eigenvalue weighted by atomic mass is 35.5. The van der Waals surface area contributed by atoms with Crippen LogP contribution in [-0.4, -0.2) is 44.2 Å². The van der Waals surface area contributed by atoms with E-state index in [0.717, 1.165) is 10.4 Å². The summed E-state index contributed by atoms with van der Waals surface area (Å²) in [6.07, 6.45) is 3.12. The minimum atomic E-state index is -2.99. The zero-order valence-electron chi connectivity index (χ0n) is 20.0.